The van der Waals surface area contributed by atoms with Gasteiger partial charge in [-0.05, 0) is 23.7 Å². The first-order valence-electron chi connectivity index (χ1n) is 5.96. The Hall–Kier alpha value is -1.69. The molecule has 1 aromatic heterocycles. The van der Waals surface area contributed by atoms with E-state index in [0.29, 0.717) is 11.5 Å². The van der Waals surface area contributed by atoms with E-state index in [9.17, 15) is 8.78 Å². The molecule has 0 saturated heterocycles. The van der Waals surface area contributed by atoms with E-state index in [1.54, 1.807) is 18.2 Å². The van der Waals surface area contributed by atoms with Crippen LogP contribution in [0.5, 0.6) is 5.75 Å². The second-order valence-electron chi connectivity index (χ2n) is 5.22. The maximum atomic E-state index is 12.5. The molecule has 0 spiro atoms. The van der Waals surface area contributed by atoms with Crippen molar-refractivity contribution in [1.29, 1.82) is 0 Å². The van der Waals surface area contributed by atoms with Gasteiger partial charge in [-0.1, -0.05) is 32.9 Å². The van der Waals surface area contributed by atoms with Crippen LogP contribution in [0.25, 0.3) is 5.69 Å². The van der Waals surface area contributed by atoms with Gasteiger partial charge >= 0.3 is 6.61 Å². The summed E-state index contributed by atoms with van der Waals surface area (Å²) in [5, 5.41) is 7.93. The normalized spacial score (nSPS) is 11.9. The number of ether oxygens (including phenoxy) is 1. The zero-order chi connectivity index (χ0) is 14.9. The standard InChI is InChI=1S/C13H14ClF2N3O/c1-13(2,3)10-17-18-11(14)19(10)8-6-4-5-7-9(8)20-12(15)16/h4-7,12H,1-3H3. The second-order valence-corrected chi connectivity index (χ2v) is 5.56. The van der Waals surface area contributed by atoms with Crippen LogP contribution in [-0.4, -0.2) is 21.4 Å². The fraction of sp³-hybridized carbons (Fsp3) is 0.385. The van der Waals surface area contributed by atoms with Crippen molar-refractivity contribution in [2.75, 3.05) is 0 Å². The van der Waals surface area contributed by atoms with Crippen molar-refractivity contribution in [3.05, 3.63) is 35.4 Å². The van der Waals surface area contributed by atoms with Crippen LogP contribution in [0, 0.1) is 0 Å². The molecule has 0 saturated carbocycles. The molecule has 2 aromatic rings. The summed E-state index contributed by atoms with van der Waals surface area (Å²) in [5.41, 5.74) is 0.0330. The molecule has 0 aliphatic heterocycles. The van der Waals surface area contributed by atoms with Crippen molar-refractivity contribution in [3.8, 4) is 11.4 Å². The van der Waals surface area contributed by atoms with Gasteiger partial charge in [-0.3, -0.25) is 4.57 Å². The van der Waals surface area contributed by atoms with Crippen molar-refractivity contribution < 1.29 is 13.5 Å². The fourth-order valence-corrected chi connectivity index (χ4v) is 2.01. The van der Waals surface area contributed by atoms with E-state index in [1.165, 1.54) is 10.6 Å². The van der Waals surface area contributed by atoms with Crippen molar-refractivity contribution in [2.45, 2.75) is 32.8 Å². The van der Waals surface area contributed by atoms with Gasteiger partial charge in [-0.2, -0.15) is 8.78 Å². The van der Waals surface area contributed by atoms with Crippen molar-refractivity contribution in [3.63, 3.8) is 0 Å². The maximum Gasteiger partial charge on any atom is 0.387 e. The highest BCUT2D eigenvalue weighted by atomic mass is 35.5. The van der Waals surface area contributed by atoms with Crippen LogP contribution in [0.3, 0.4) is 0 Å². The number of benzene rings is 1. The zero-order valence-electron chi connectivity index (χ0n) is 11.3. The van der Waals surface area contributed by atoms with Gasteiger partial charge in [0.2, 0.25) is 5.28 Å². The van der Waals surface area contributed by atoms with E-state index in [0.717, 1.165) is 0 Å². The average molecular weight is 302 g/mol. The van der Waals surface area contributed by atoms with Gasteiger partial charge in [0.1, 0.15) is 11.6 Å². The molecule has 0 radical (unpaired) electrons. The molecule has 1 aromatic carbocycles. The largest absolute Gasteiger partial charge is 0.433 e. The molecule has 0 aliphatic carbocycles. The molecule has 108 valence electrons. The highest BCUT2D eigenvalue weighted by Crippen LogP contribution is 2.31. The Morgan fingerprint density at radius 1 is 1.20 bits per heavy atom. The third kappa shape index (κ3) is 2.90. The summed E-state index contributed by atoms with van der Waals surface area (Å²) in [6, 6.07) is 6.39. The molecule has 0 fully saturated rings. The molecule has 2 rings (SSSR count). The summed E-state index contributed by atoms with van der Waals surface area (Å²) < 4.78 is 31.0. The Morgan fingerprint density at radius 3 is 2.45 bits per heavy atom. The molecular weight excluding hydrogens is 288 g/mol. The van der Waals surface area contributed by atoms with E-state index in [-0.39, 0.29) is 16.4 Å². The van der Waals surface area contributed by atoms with E-state index < -0.39 is 6.61 Å². The molecular formula is C13H14ClF2N3O. The smallest absolute Gasteiger partial charge is 0.387 e. The van der Waals surface area contributed by atoms with Crippen LogP contribution in [0.1, 0.15) is 26.6 Å². The molecule has 1 heterocycles. The summed E-state index contributed by atoms with van der Waals surface area (Å²) in [6.07, 6.45) is 0. The van der Waals surface area contributed by atoms with Crippen LogP contribution in [0.2, 0.25) is 5.28 Å². The number of hydrogen-bond donors (Lipinski definition) is 0. The zero-order valence-corrected chi connectivity index (χ0v) is 12.0. The number of hydrogen-bond acceptors (Lipinski definition) is 3. The van der Waals surface area contributed by atoms with Gasteiger partial charge in [-0.25, -0.2) is 0 Å². The number of halogens is 3. The van der Waals surface area contributed by atoms with E-state index in [2.05, 4.69) is 14.9 Å². The lowest BCUT2D eigenvalue weighted by atomic mass is 9.95. The first-order valence-corrected chi connectivity index (χ1v) is 6.34. The quantitative estimate of drug-likeness (QED) is 0.865. The van der Waals surface area contributed by atoms with Gasteiger partial charge in [0.15, 0.2) is 0 Å². The van der Waals surface area contributed by atoms with Crippen LogP contribution in [0.4, 0.5) is 8.78 Å². The third-order valence-corrected chi connectivity index (χ3v) is 2.86. The number of aromatic nitrogens is 3. The molecule has 0 aliphatic rings. The minimum absolute atomic E-state index is 0.0229. The predicted molar refractivity (Wildman–Crippen MR) is 71.7 cm³/mol. The monoisotopic (exact) mass is 301 g/mol. The van der Waals surface area contributed by atoms with Gasteiger partial charge in [-0.15, -0.1) is 10.2 Å². The summed E-state index contributed by atoms with van der Waals surface area (Å²) in [6.45, 7) is 2.88. The number of nitrogens with zero attached hydrogens (tertiary/aromatic N) is 3. The second kappa shape index (κ2) is 5.36. The molecule has 0 N–H and O–H groups in total. The highest BCUT2D eigenvalue weighted by Gasteiger charge is 2.26. The summed E-state index contributed by atoms with van der Waals surface area (Å²) in [5.74, 6) is 0.586. The van der Waals surface area contributed by atoms with Crippen LogP contribution >= 0.6 is 11.6 Å². The fourth-order valence-electron chi connectivity index (χ4n) is 1.80. The van der Waals surface area contributed by atoms with Crippen LogP contribution < -0.4 is 4.74 Å². The Kier molecular flexibility index (Phi) is 3.94. The summed E-state index contributed by atoms with van der Waals surface area (Å²) >= 11 is 6.04. The Labute approximate surface area is 120 Å². The number of rotatable bonds is 3. The number of para-hydroxylation sites is 2. The topological polar surface area (TPSA) is 39.9 Å². The SMILES string of the molecule is CC(C)(C)c1nnc(Cl)n1-c1ccccc1OC(F)F. The van der Waals surface area contributed by atoms with Gasteiger partial charge in [0.25, 0.3) is 0 Å². The molecule has 0 amide bonds. The minimum atomic E-state index is -2.91. The first kappa shape index (κ1) is 14.7. The van der Waals surface area contributed by atoms with Crippen LogP contribution in [-0.2, 0) is 5.41 Å². The maximum absolute atomic E-state index is 12.5. The summed E-state index contributed by atoms with van der Waals surface area (Å²) in [4.78, 5) is 0. The van der Waals surface area contributed by atoms with Gasteiger partial charge < -0.3 is 4.74 Å². The lowest BCUT2D eigenvalue weighted by Gasteiger charge is -2.20. The summed E-state index contributed by atoms with van der Waals surface area (Å²) in [7, 11) is 0. The minimum Gasteiger partial charge on any atom is -0.433 e. The lowest BCUT2D eigenvalue weighted by Crippen LogP contribution is -2.19. The molecule has 0 unspecified atom stereocenters. The van der Waals surface area contributed by atoms with Gasteiger partial charge in [0, 0.05) is 5.41 Å². The van der Waals surface area contributed by atoms with E-state index in [4.69, 9.17) is 11.6 Å². The van der Waals surface area contributed by atoms with Crippen molar-refractivity contribution in [1.82, 2.24) is 14.8 Å². The van der Waals surface area contributed by atoms with E-state index >= 15 is 0 Å². The lowest BCUT2D eigenvalue weighted by molar-refractivity contribution is -0.0498. The Morgan fingerprint density at radius 2 is 1.85 bits per heavy atom. The Balaban J connectivity index is 2.60. The molecule has 0 atom stereocenters. The third-order valence-electron chi connectivity index (χ3n) is 2.62. The molecule has 4 nitrogen and oxygen atoms in total. The van der Waals surface area contributed by atoms with Gasteiger partial charge in [0.05, 0.1) is 5.69 Å². The van der Waals surface area contributed by atoms with E-state index in [1.807, 2.05) is 20.8 Å². The van der Waals surface area contributed by atoms with Crippen LogP contribution in [0.15, 0.2) is 24.3 Å². The van der Waals surface area contributed by atoms with Crippen molar-refractivity contribution in [2.24, 2.45) is 0 Å². The molecule has 7 heteroatoms. The first-order chi connectivity index (χ1) is 9.30. The molecule has 20 heavy (non-hydrogen) atoms. The number of alkyl halides is 2. The Bertz CT molecular complexity index is 608. The average Bonchev–Trinajstić information content (AvgIpc) is 2.71. The van der Waals surface area contributed by atoms with Crippen molar-refractivity contribution >= 4 is 11.6 Å². The highest BCUT2D eigenvalue weighted by molar-refractivity contribution is 6.28. The predicted octanol–water partition coefficient (Wildman–Crippen LogP) is 3.82. The molecule has 0 bridgehead atoms.